The molecule has 0 amide bonds. The van der Waals surface area contributed by atoms with Crippen molar-refractivity contribution >= 4 is 54.8 Å². The van der Waals surface area contributed by atoms with Crippen LogP contribution in [0.2, 0.25) is 0 Å². The molecule has 0 radical (unpaired) electrons. The fourth-order valence-corrected chi connectivity index (χ4v) is 9.26. The largest absolute Gasteiger partial charge is 0.327 e. The molecule has 0 aliphatic heterocycles. The highest BCUT2D eigenvalue weighted by atomic mass is 15.1. The van der Waals surface area contributed by atoms with Gasteiger partial charge < -0.3 is 9.13 Å². The van der Waals surface area contributed by atoms with Crippen molar-refractivity contribution < 1.29 is 0 Å². The fraction of sp³-hybridized carbons (Fsp3) is 0.0833. The first-order valence-electron chi connectivity index (χ1n) is 17.8. The Bertz CT molecular complexity index is 2970. The Hall–Kier alpha value is -6.70. The molecule has 2 heterocycles. The fourth-order valence-electron chi connectivity index (χ4n) is 9.26. The van der Waals surface area contributed by atoms with Gasteiger partial charge in [-0.05, 0) is 91.2 Å². The molecule has 0 N–H and O–H groups in total. The second-order valence-electron chi connectivity index (χ2n) is 14.1. The summed E-state index contributed by atoms with van der Waals surface area (Å²) in [5.74, 6) is 9.44. The Balaban J connectivity index is 1.38. The van der Waals surface area contributed by atoms with E-state index in [0.717, 1.165) is 33.7 Å². The number of fused-ring (bicyclic) bond motifs is 4. The Kier molecular flexibility index (Phi) is 5.96. The Morgan fingerprint density at radius 1 is 0.558 bits per heavy atom. The SMILES string of the molecule is Cn1c(C#CC23C(c4c5ccccc5cc5ccccc45)=C(c4nc5ccccc5n4C)C(c4ccccc42)c2ccccc23)nc2ccccc21. The monoisotopic (exact) mass is 664 g/mol. The van der Waals surface area contributed by atoms with Crippen LogP contribution in [0.5, 0.6) is 0 Å². The maximum Gasteiger partial charge on any atom is 0.186 e. The minimum Gasteiger partial charge on any atom is -0.327 e. The summed E-state index contributed by atoms with van der Waals surface area (Å²) in [6.45, 7) is 0. The van der Waals surface area contributed by atoms with E-state index in [9.17, 15) is 0 Å². The van der Waals surface area contributed by atoms with E-state index >= 15 is 0 Å². The predicted octanol–water partition coefficient (Wildman–Crippen LogP) is 10.2. The highest BCUT2D eigenvalue weighted by Crippen LogP contribution is 2.65. The van der Waals surface area contributed by atoms with Crippen molar-refractivity contribution in [1.29, 1.82) is 0 Å². The Morgan fingerprint density at radius 2 is 1.08 bits per heavy atom. The van der Waals surface area contributed by atoms with Gasteiger partial charge in [-0.25, -0.2) is 9.97 Å². The Morgan fingerprint density at radius 3 is 1.69 bits per heavy atom. The molecule has 2 aromatic heterocycles. The van der Waals surface area contributed by atoms with Crippen molar-refractivity contribution in [2.45, 2.75) is 11.3 Å². The lowest BCUT2D eigenvalue weighted by atomic mass is 9.51. The van der Waals surface area contributed by atoms with Crippen molar-refractivity contribution in [2.24, 2.45) is 14.1 Å². The predicted molar refractivity (Wildman–Crippen MR) is 212 cm³/mol. The molecule has 0 saturated heterocycles. The van der Waals surface area contributed by atoms with E-state index < -0.39 is 5.41 Å². The maximum atomic E-state index is 5.47. The number of imidazole rings is 2. The zero-order chi connectivity index (χ0) is 34.6. The highest BCUT2D eigenvalue weighted by Gasteiger charge is 2.54. The van der Waals surface area contributed by atoms with Gasteiger partial charge in [0, 0.05) is 25.6 Å². The van der Waals surface area contributed by atoms with E-state index in [1.807, 2.05) is 6.07 Å². The number of rotatable bonds is 2. The van der Waals surface area contributed by atoms with Crippen LogP contribution >= 0.6 is 0 Å². The van der Waals surface area contributed by atoms with Crippen LogP contribution in [0.15, 0.2) is 152 Å². The summed E-state index contributed by atoms with van der Waals surface area (Å²) >= 11 is 0. The van der Waals surface area contributed by atoms with Crippen molar-refractivity contribution in [3.05, 3.63) is 191 Å². The molecular formula is C48H32N4. The molecule has 2 bridgehead atoms. The van der Waals surface area contributed by atoms with E-state index in [1.54, 1.807) is 0 Å². The molecule has 244 valence electrons. The van der Waals surface area contributed by atoms with Gasteiger partial charge in [0.05, 0.1) is 22.1 Å². The zero-order valence-corrected chi connectivity index (χ0v) is 28.8. The van der Waals surface area contributed by atoms with Crippen LogP contribution in [0.3, 0.4) is 0 Å². The molecule has 0 unspecified atom stereocenters. The van der Waals surface area contributed by atoms with Gasteiger partial charge in [0.1, 0.15) is 11.2 Å². The van der Waals surface area contributed by atoms with Crippen LogP contribution in [0.25, 0.3) is 54.8 Å². The van der Waals surface area contributed by atoms with Gasteiger partial charge in [-0.2, -0.15) is 0 Å². The molecule has 7 aromatic carbocycles. The molecule has 0 fully saturated rings. The van der Waals surface area contributed by atoms with Crippen LogP contribution in [0, 0.1) is 11.8 Å². The average molecular weight is 665 g/mol. The Labute approximate surface area is 301 Å². The van der Waals surface area contributed by atoms with Gasteiger partial charge in [0.25, 0.3) is 0 Å². The third kappa shape index (κ3) is 3.77. The highest BCUT2D eigenvalue weighted by molar-refractivity contribution is 6.18. The molecular weight excluding hydrogens is 633 g/mol. The zero-order valence-electron chi connectivity index (χ0n) is 28.8. The van der Waals surface area contributed by atoms with Gasteiger partial charge in [-0.15, -0.1) is 0 Å². The summed E-state index contributed by atoms with van der Waals surface area (Å²) in [6.07, 6.45) is 0. The lowest BCUT2D eigenvalue weighted by Crippen LogP contribution is -2.41. The summed E-state index contributed by atoms with van der Waals surface area (Å²) in [6, 6.07) is 54.6. The van der Waals surface area contributed by atoms with Crippen molar-refractivity contribution in [3.8, 4) is 11.8 Å². The van der Waals surface area contributed by atoms with Gasteiger partial charge in [0.15, 0.2) is 5.82 Å². The van der Waals surface area contributed by atoms with Crippen LogP contribution in [-0.2, 0) is 19.5 Å². The summed E-state index contributed by atoms with van der Waals surface area (Å²) in [4.78, 5) is 10.5. The van der Waals surface area contributed by atoms with Crippen LogP contribution in [0.4, 0.5) is 0 Å². The summed E-state index contributed by atoms with van der Waals surface area (Å²) in [5, 5.41) is 4.82. The normalized spacial score (nSPS) is 17.5. The molecule has 3 aliphatic carbocycles. The lowest BCUT2D eigenvalue weighted by Gasteiger charge is -2.49. The minimum absolute atomic E-state index is 0.0462. The molecule has 0 spiro atoms. The number of aromatic nitrogens is 4. The smallest absolute Gasteiger partial charge is 0.186 e. The van der Waals surface area contributed by atoms with Crippen molar-refractivity contribution in [1.82, 2.24) is 19.1 Å². The minimum atomic E-state index is -0.847. The second-order valence-corrected chi connectivity index (χ2v) is 14.1. The lowest BCUT2D eigenvalue weighted by molar-refractivity contribution is 0.738. The van der Waals surface area contributed by atoms with E-state index in [1.165, 1.54) is 60.5 Å². The third-order valence-corrected chi connectivity index (χ3v) is 11.5. The number of hydrogen-bond acceptors (Lipinski definition) is 2. The van der Waals surface area contributed by atoms with Gasteiger partial charge in [-0.1, -0.05) is 127 Å². The number of para-hydroxylation sites is 4. The standard InChI is InChI=1S/C48H32N4/c1-51-40-25-13-11-23-38(40)49-42(51)27-28-48-36-21-9-7-19-34(36)43(35-20-8-10-22-37(35)48)45(47-50-39-24-12-14-26-41(39)52(47)2)46(48)44-32-17-5-3-15-30(32)29-31-16-4-6-18-33(31)44/h3-26,29,43H,1-2H3. The van der Waals surface area contributed by atoms with Crippen LogP contribution in [0.1, 0.15) is 45.4 Å². The first kappa shape index (κ1) is 29.1. The molecule has 9 aromatic rings. The van der Waals surface area contributed by atoms with Gasteiger partial charge in [0.2, 0.25) is 0 Å². The molecule has 0 saturated carbocycles. The van der Waals surface area contributed by atoms with Crippen LogP contribution in [-0.4, -0.2) is 19.1 Å². The number of hydrogen-bond donors (Lipinski definition) is 0. The maximum absolute atomic E-state index is 5.47. The third-order valence-electron chi connectivity index (χ3n) is 11.5. The molecule has 12 rings (SSSR count). The molecule has 4 heteroatoms. The first-order chi connectivity index (χ1) is 25.6. The second kappa shape index (κ2) is 10.7. The van der Waals surface area contributed by atoms with Crippen molar-refractivity contribution in [3.63, 3.8) is 0 Å². The summed E-state index contributed by atoms with van der Waals surface area (Å²) in [5.41, 5.74) is 11.9. The van der Waals surface area contributed by atoms with E-state index in [2.05, 4.69) is 181 Å². The average Bonchev–Trinajstić information content (AvgIpc) is 3.71. The van der Waals surface area contributed by atoms with E-state index in [0.29, 0.717) is 0 Å². The summed E-state index contributed by atoms with van der Waals surface area (Å²) < 4.78 is 4.41. The summed E-state index contributed by atoms with van der Waals surface area (Å²) in [7, 11) is 4.23. The van der Waals surface area contributed by atoms with E-state index in [-0.39, 0.29) is 5.92 Å². The van der Waals surface area contributed by atoms with E-state index in [4.69, 9.17) is 9.97 Å². The van der Waals surface area contributed by atoms with Crippen molar-refractivity contribution in [2.75, 3.05) is 0 Å². The quantitative estimate of drug-likeness (QED) is 0.136. The van der Waals surface area contributed by atoms with Gasteiger partial charge in [-0.3, -0.25) is 0 Å². The molecule has 52 heavy (non-hydrogen) atoms. The number of allylic oxidation sites excluding steroid dienone is 2. The first-order valence-corrected chi connectivity index (χ1v) is 17.8. The molecule has 3 aliphatic rings. The number of benzene rings is 7. The topological polar surface area (TPSA) is 35.6 Å². The number of aryl methyl sites for hydroxylation is 2. The van der Waals surface area contributed by atoms with Crippen LogP contribution < -0.4 is 0 Å². The molecule has 0 atom stereocenters. The molecule has 4 nitrogen and oxygen atoms in total. The van der Waals surface area contributed by atoms with Gasteiger partial charge >= 0.3 is 0 Å². The number of nitrogens with zero attached hydrogens (tertiary/aromatic N) is 4.